The summed E-state index contributed by atoms with van der Waals surface area (Å²) < 4.78 is 41.3. The van der Waals surface area contributed by atoms with Gasteiger partial charge in [0.25, 0.3) is 0 Å². The van der Waals surface area contributed by atoms with Gasteiger partial charge in [-0.1, -0.05) is 38.7 Å². The molecule has 1 atom stereocenters. The van der Waals surface area contributed by atoms with Crippen molar-refractivity contribution in [3.8, 4) is 0 Å². The molecular weight excluding hydrogens is 287 g/mol. The highest BCUT2D eigenvalue weighted by atomic mass is 19.4. The first-order chi connectivity index (χ1) is 9.82. The number of unbranched alkanes of at least 4 members (excludes halogenated alkanes) is 4. The molecule has 0 saturated heterocycles. The lowest BCUT2D eigenvalue weighted by molar-refractivity contribution is -0.175. The molecule has 0 heterocycles. The minimum absolute atomic E-state index is 0.115. The molecule has 1 unspecified atom stereocenters. The number of ether oxygens (including phenoxy) is 1. The van der Waals surface area contributed by atoms with E-state index in [2.05, 4.69) is 13.5 Å². The maximum absolute atomic E-state index is 12.1. The maximum atomic E-state index is 12.1. The summed E-state index contributed by atoms with van der Waals surface area (Å²) in [5.74, 6) is -3.03. The smallest absolute Gasteiger partial charge is 0.464 e. The van der Waals surface area contributed by atoms with Gasteiger partial charge in [-0.05, 0) is 12.8 Å². The van der Waals surface area contributed by atoms with E-state index in [1.165, 1.54) is 6.08 Å². The third-order valence-electron chi connectivity index (χ3n) is 2.74. The number of hydrogen-bond acceptors (Lipinski definition) is 3. The zero-order chi connectivity index (χ0) is 16.3. The van der Waals surface area contributed by atoms with Gasteiger partial charge in [-0.2, -0.15) is 13.2 Å². The van der Waals surface area contributed by atoms with Crippen LogP contribution < -0.4 is 5.32 Å². The first kappa shape index (κ1) is 19.5. The van der Waals surface area contributed by atoms with Crippen molar-refractivity contribution in [2.75, 3.05) is 6.61 Å². The Balaban J connectivity index is 4.18. The molecule has 0 saturated carbocycles. The molecule has 0 aromatic heterocycles. The van der Waals surface area contributed by atoms with Gasteiger partial charge in [0.15, 0.2) is 0 Å². The van der Waals surface area contributed by atoms with Crippen LogP contribution in [0.4, 0.5) is 13.2 Å². The lowest BCUT2D eigenvalue weighted by atomic mass is 10.1. The van der Waals surface area contributed by atoms with Crippen LogP contribution in [0.15, 0.2) is 12.7 Å². The van der Waals surface area contributed by atoms with Crippen LogP contribution in [0.5, 0.6) is 0 Å². The van der Waals surface area contributed by atoms with E-state index in [1.54, 1.807) is 5.32 Å². The predicted molar refractivity (Wildman–Crippen MR) is 72.5 cm³/mol. The van der Waals surface area contributed by atoms with E-state index in [9.17, 15) is 22.8 Å². The normalized spacial score (nSPS) is 12.6. The number of esters is 1. The summed E-state index contributed by atoms with van der Waals surface area (Å²) >= 11 is 0. The second-order valence-corrected chi connectivity index (χ2v) is 4.63. The Kier molecular flexibility index (Phi) is 9.49. The maximum Gasteiger partial charge on any atom is 0.471 e. The van der Waals surface area contributed by atoms with Crippen molar-refractivity contribution in [3.63, 3.8) is 0 Å². The highest BCUT2D eigenvalue weighted by molar-refractivity contribution is 5.87. The van der Waals surface area contributed by atoms with E-state index < -0.39 is 24.1 Å². The Morgan fingerprint density at radius 1 is 1.24 bits per heavy atom. The minimum Gasteiger partial charge on any atom is -0.464 e. The second kappa shape index (κ2) is 10.2. The molecule has 21 heavy (non-hydrogen) atoms. The Morgan fingerprint density at radius 2 is 1.86 bits per heavy atom. The molecule has 4 nitrogen and oxygen atoms in total. The summed E-state index contributed by atoms with van der Waals surface area (Å²) in [6.07, 6.45) is 0.858. The lowest BCUT2D eigenvalue weighted by Crippen LogP contribution is -2.47. The molecule has 7 heteroatoms. The van der Waals surface area contributed by atoms with Crippen LogP contribution in [0, 0.1) is 0 Å². The lowest BCUT2D eigenvalue weighted by Gasteiger charge is -2.17. The number of rotatable bonds is 10. The van der Waals surface area contributed by atoms with Crippen molar-refractivity contribution < 1.29 is 27.5 Å². The van der Waals surface area contributed by atoms with Crippen LogP contribution in [-0.2, 0) is 14.3 Å². The molecule has 1 N–H and O–H groups in total. The molecule has 1 amide bonds. The summed E-state index contributed by atoms with van der Waals surface area (Å²) in [6.45, 7) is 5.55. The van der Waals surface area contributed by atoms with E-state index in [0.29, 0.717) is 6.42 Å². The summed E-state index contributed by atoms with van der Waals surface area (Å²) in [7, 11) is 0. The van der Waals surface area contributed by atoms with Crippen LogP contribution in [0.3, 0.4) is 0 Å². The average molecular weight is 309 g/mol. The molecule has 0 aliphatic rings. The molecule has 0 aromatic carbocycles. The largest absolute Gasteiger partial charge is 0.471 e. The molecule has 0 aliphatic heterocycles. The highest BCUT2D eigenvalue weighted by Crippen LogP contribution is 2.15. The quantitative estimate of drug-likeness (QED) is 0.383. The van der Waals surface area contributed by atoms with Crippen LogP contribution in [0.25, 0.3) is 0 Å². The van der Waals surface area contributed by atoms with Crippen molar-refractivity contribution in [2.24, 2.45) is 0 Å². The molecule has 122 valence electrons. The fourth-order valence-electron chi connectivity index (χ4n) is 1.60. The number of carbonyl (C=O) groups is 2. The number of carbonyl (C=O) groups excluding carboxylic acids is 2. The van der Waals surface area contributed by atoms with E-state index in [4.69, 9.17) is 4.74 Å². The molecule has 0 bridgehead atoms. The Hall–Kier alpha value is -1.53. The summed E-state index contributed by atoms with van der Waals surface area (Å²) in [4.78, 5) is 22.5. The van der Waals surface area contributed by atoms with Gasteiger partial charge in [-0.25, -0.2) is 4.79 Å². The van der Waals surface area contributed by atoms with Gasteiger partial charge in [-0.3, -0.25) is 4.79 Å². The minimum atomic E-state index is -5.03. The van der Waals surface area contributed by atoms with E-state index in [-0.39, 0.29) is 13.0 Å². The number of hydrogen-bond donors (Lipinski definition) is 1. The van der Waals surface area contributed by atoms with E-state index in [1.807, 2.05) is 0 Å². The first-order valence-electron chi connectivity index (χ1n) is 6.98. The van der Waals surface area contributed by atoms with E-state index in [0.717, 1.165) is 25.7 Å². The third kappa shape index (κ3) is 9.10. The van der Waals surface area contributed by atoms with Gasteiger partial charge < -0.3 is 10.1 Å². The van der Waals surface area contributed by atoms with Crippen molar-refractivity contribution in [1.29, 1.82) is 0 Å². The van der Waals surface area contributed by atoms with Crippen molar-refractivity contribution in [2.45, 2.75) is 57.7 Å². The fourth-order valence-corrected chi connectivity index (χ4v) is 1.60. The molecule has 0 aliphatic carbocycles. The number of amides is 1. The Labute approximate surface area is 122 Å². The molecular formula is C14H22F3NO3. The molecule has 0 fully saturated rings. The van der Waals surface area contributed by atoms with Gasteiger partial charge >= 0.3 is 18.1 Å². The summed E-state index contributed by atoms with van der Waals surface area (Å²) in [6, 6.07) is -1.35. The molecule has 0 rings (SSSR count). The Bertz CT molecular complexity index is 343. The number of nitrogens with one attached hydrogen (secondary N) is 1. The van der Waals surface area contributed by atoms with Crippen LogP contribution in [0.1, 0.15) is 45.4 Å². The zero-order valence-corrected chi connectivity index (χ0v) is 12.2. The Morgan fingerprint density at radius 3 is 2.38 bits per heavy atom. The number of alkyl halides is 3. The standard InChI is InChI=1S/C14H22F3NO3/c1-3-5-6-7-8-10-21-12(19)11(9-4-2)18-13(20)14(15,16)17/h4,11H,2-3,5-10H2,1H3,(H,18,20). The van der Waals surface area contributed by atoms with Crippen LogP contribution >= 0.6 is 0 Å². The average Bonchev–Trinajstić information content (AvgIpc) is 2.40. The first-order valence-corrected chi connectivity index (χ1v) is 6.98. The van der Waals surface area contributed by atoms with Crippen molar-refractivity contribution in [3.05, 3.63) is 12.7 Å². The molecule has 0 spiro atoms. The summed E-state index contributed by atoms with van der Waals surface area (Å²) in [5.41, 5.74) is 0. The highest BCUT2D eigenvalue weighted by Gasteiger charge is 2.40. The predicted octanol–water partition coefficient (Wildman–Crippen LogP) is 3.12. The van der Waals surface area contributed by atoms with Gasteiger partial charge in [0, 0.05) is 0 Å². The van der Waals surface area contributed by atoms with Gasteiger partial charge in [0.05, 0.1) is 6.61 Å². The third-order valence-corrected chi connectivity index (χ3v) is 2.74. The van der Waals surface area contributed by atoms with Crippen LogP contribution in [0.2, 0.25) is 0 Å². The fraction of sp³-hybridized carbons (Fsp3) is 0.714. The molecule has 0 radical (unpaired) electrons. The SMILES string of the molecule is C=CCC(NC(=O)C(F)(F)F)C(=O)OCCCCCCC. The van der Waals surface area contributed by atoms with E-state index >= 15 is 0 Å². The van der Waals surface area contributed by atoms with Gasteiger partial charge in [-0.15, -0.1) is 6.58 Å². The van der Waals surface area contributed by atoms with Crippen molar-refractivity contribution in [1.82, 2.24) is 5.32 Å². The summed E-state index contributed by atoms with van der Waals surface area (Å²) in [5, 5.41) is 1.61. The topological polar surface area (TPSA) is 55.4 Å². The van der Waals surface area contributed by atoms with Crippen LogP contribution in [-0.4, -0.2) is 30.7 Å². The molecule has 0 aromatic rings. The second-order valence-electron chi connectivity index (χ2n) is 4.63. The van der Waals surface area contributed by atoms with Gasteiger partial charge in [0.2, 0.25) is 0 Å². The van der Waals surface area contributed by atoms with Crippen molar-refractivity contribution >= 4 is 11.9 Å². The number of halogens is 3. The zero-order valence-electron chi connectivity index (χ0n) is 12.2. The monoisotopic (exact) mass is 309 g/mol. The van der Waals surface area contributed by atoms with Gasteiger partial charge in [0.1, 0.15) is 6.04 Å².